The number of carbonyl (C=O) groups excluding carboxylic acids is 2. The van der Waals surface area contributed by atoms with E-state index in [0.29, 0.717) is 11.1 Å². The Bertz CT molecular complexity index is 553. The number of rotatable bonds is 2. The average Bonchev–Trinajstić information content (AvgIpc) is 2.82. The van der Waals surface area contributed by atoms with Crippen molar-refractivity contribution in [3.63, 3.8) is 0 Å². The fourth-order valence-corrected chi connectivity index (χ4v) is 2.99. The fourth-order valence-electron chi connectivity index (χ4n) is 2.99. The average molecular weight is 262 g/mol. The molecule has 0 spiro atoms. The first-order valence-corrected chi connectivity index (χ1v) is 6.08. The van der Waals surface area contributed by atoms with Crippen LogP contribution in [0.5, 0.6) is 0 Å². The van der Waals surface area contributed by atoms with E-state index in [1.54, 1.807) is 24.3 Å². The van der Waals surface area contributed by atoms with Crippen LogP contribution >= 0.6 is 0 Å². The number of benzene rings is 1. The van der Waals surface area contributed by atoms with Crippen LogP contribution in [0.15, 0.2) is 24.3 Å². The molecule has 0 amide bonds. The number of hydrogen-bond acceptors (Lipinski definition) is 5. The van der Waals surface area contributed by atoms with E-state index in [9.17, 15) is 9.59 Å². The Kier molecular flexibility index (Phi) is 2.69. The molecule has 2 aliphatic heterocycles. The van der Waals surface area contributed by atoms with Crippen LogP contribution in [-0.2, 0) is 24.8 Å². The van der Waals surface area contributed by atoms with Crippen molar-refractivity contribution >= 4 is 11.8 Å². The molecule has 3 atom stereocenters. The van der Waals surface area contributed by atoms with E-state index in [-0.39, 0.29) is 12.2 Å². The van der Waals surface area contributed by atoms with Crippen LogP contribution in [0.4, 0.5) is 0 Å². The number of hydrogen-bond donors (Lipinski definition) is 0. The van der Waals surface area contributed by atoms with Crippen LogP contribution in [0.25, 0.3) is 0 Å². The minimum atomic E-state index is -1.21. The molecule has 5 nitrogen and oxygen atoms in total. The Morgan fingerprint density at radius 3 is 2.79 bits per heavy atom. The lowest BCUT2D eigenvalue weighted by Crippen LogP contribution is -2.43. The third-order valence-corrected chi connectivity index (χ3v) is 3.88. The highest BCUT2D eigenvalue weighted by Gasteiger charge is 2.60. The number of carbonyl (C=O) groups is 2. The molecule has 3 rings (SSSR count). The maximum Gasteiger partial charge on any atom is 0.314 e. The lowest BCUT2D eigenvalue weighted by atomic mass is 9.90. The van der Waals surface area contributed by atoms with Gasteiger partial charge in [-0.2, -0.15) is 0 Å². The predicted molar refractivity (Wildman–Crippen MR) is 64.5 cm³/mol. The Labute approximate surface area is 110 Å². The van der Waals surface area contributed by atoms with Gasteiger partial charge in [0, 0.05) is 24.7 Å². The Morgan fingerprint density at radius 1 is 1.37 bits per heavy atom. The van der Waals surface area contributed by atoms with Gasteiger partial charge >= 0.3 is 5.97 Å². The minimum absolute atomic E-state index is 0.102. The monoisotopic (exact) mass is 262 g/mol. The molecule has 19 heavy (non-hydrogen) atoms. The third-order valence-electron chi connectivity index (χ3n) is 3.88. The zero-order valence-corrected chi connectivity index (χ0v) is 10.7. The van der Waals surface area contributed by atoms with E-state index in [0.717, 1.165) is 0 Å². The first-order valence-electron chi connectivity index (χ1n) is 6.08. The molecule has 0 radical (unpaired) electrons. The van der Waals surface area contributed by atoms with Crippen LogP contribution in [0.1, 0.15) is 22.3 Å². The molecule has 0 unspecified atom stereocenters. The maximum atomic E-state index is 12.3. The van der Waals surface area contributed by atoms with Crippen molar-refractivity contribution in [2.75, 3.05) is 14.2 Å². The Morgan fingerprint density at radius 2 is 2.11 bits per heavy atom. The summed E-state index contributed by atoms with van der Waals surface area (Å²) >= 11 is 0. The van der Waals surface area contributed by atoms with Gasteiger partial charge in [0.05, 0.1) is 7.11 Å². The number of fused-ring (bicyclic) bond motifs is 4. The van der Waals surface area contributed by atoms with Crippen molar-refractivity contribution in [3.05, 3.63) is 35.4 Å². The Hall–Kier alpha value is -1.72. The first-order chi connectivity index (χ1) is 9.14. The zero-order valence-electron chi connectivity index (χ0n) is 10.7. The van der Waals surface area contributed by atoms with Crippen LogP contribution in [0.2, 0.25) is 0 Å². The van der Waals surface area contributed by atoms with Crippen molar-refractivity contribution in [1.29, 1.82) is 0 Å². The maximum absolute atomic E-state index is 12.3. The predicted octanol–water partition coefficient (Wildman–Crippen LogP) is 1.26. The molecule has 0 aromatic heterocycles. The van der Waals surface area contributed by atoms with Gasteiger partial charge in [-0.05, 0) is 0 Å². The molecule has 0 saturated carbocycles. The first kappa shape index (κ1) is 12.3. The normalized spacial score (nSPS) is 32.0. The third kappa shape index (κ3) is 1.49. The van der Waals surface area contributed by atoms with Gasteiger partial charge in [-0.25, -0.2) is 0 Å². The summed E-state index contributed by atoms with van der Waals surface area (Å²) in [6, 6.07) is 7.08. The van der Waals surface area contributed by atoms with E-state index in [1.165, 1.54) is 14.2 Å². The van der Waals surface area contributed by atoms with Crippen LogP contribution in [-0.4, -0.2) is 32.1 Å². The molecule has 1 aromatic rings. The van der Waals surface area contributed by atoms with Gasteiger partial charge in [0.25, 0.3) is 0 Å². The summed E-state index contributed by atoms with van der Waals surface area (Å²) in [7, 11) is 2.80. The molecular weight excluding hydrogens is 248 g/mol. The number of ether oxygens (including phenoxy) is 3. The topological polar surface area (TPSA) is 61.8 Å². The molecule has 100 valence electrons. The van der Waals surface area contributed by atoms with Gasteiger partial charge in [-0.15, -0.1) is 0 Å². The van der Waals surface area contributed by atoms with Crippen molar-refractivity contribution in [2.24, 2.45) is 5.92 Å². The van der Waals surface area contributed by atoms with E-state index in [1.807, 2.05) is 0 Å². The van der Waals surface area contributed by atoms with E-state index < -0.39 is 23.8 Å². The lowest BCUT2D eigenvalue weighted by Gasteiger charge is -2.35. The molecule has 1 aromatic carbocycles. The largest absolute Gasteiger partial charge is 0.469 e. The van der Waals surface area contributed by atoms with E-state index in [2.05, 4.69) is 0 Å². The summed E-state index contributed by atoms with van der Waals surface area (Å²) in [6.45, 7) is 0. The molecule has 1 fully saturated rings. The van der Waals surface area contributed by atoms with E-state index in [4.69, 9.17) is 14.2 Å². The summed E-state index contributed by atoms with van der Waals surface area (Å²) < 4.78 is 16.0. The molecule has 1 saturated heterocycles. The van der Waals surface area contributed by atoms with E-state index >= 15 is 0 Å². The summed E-state index contributed by atoms with van der Waals surface area (Å²) in [4.78, 5) is 24.2. The highest BCUT2D eigenvalue weighted by Crippen LogP contribution is 2.50. The second kappa shape index (κ2) is 4.15. The number of esters is 1. The van der Waals surface area contributed by atoms with Crippen LogP contribution in [0.3, 0.4) is 0 Å². The standard InChI is InChI=1S/C14H14O5/c1-17-13(16)10-7-11-12(15)8-5-3-4-6-9(8)14(10,18-2)19-11/h3-6,10-11H,7H2,1-2H3/t10-,11-,14-/m1/s1. The van der Waals surface area contributed by atoms with Gasteiger partial charge in [0.15, 0.2) is 5.78 Å². The molecule has 0 N–H and O–H groups in total. The molecule has 0 aliphatic carbocycles. The molecule has 2 heterocycles. The van der Waals surface area contributed by atoms with Crippen molar-refractivity contribution in [1.82, 2.24) is 0 Å². The minimum Gasteiger partial charge on any atom is -0.469 e. The highest BCUT2D eigenvalue weighted by atomic mass is 16.7. The number of ketones is 1. The van der Waals surface area contributed by atoms with Crippen molar-refractivity contribution in [2.45, 2.75) is 18.3 Å². The molecular formula is C14H14O5. The molecule has 5 heteroatoms. The van der Waals surface area contributed by atoms with Crippen LogP contribution in [0, 0.1) is 5.92 Å². The summed E-state index contributed by atoms with van der Waals surface area (Å²) in [5, 5.41) is 0. The van der Waals surface area contributed by atoms with Crippen LogP contribution < -0.4 is 0 Å². The second-order valence-corrected chi connectivity index (χ2v) is 4.70. The van der Waals surface area contributed by atoms with Gasteiger partial charge in [-0.3, -0.25) is 9.59 Å². The smallest absolute Gasteiger partial charge is 0.314 e. The summed E-state index contributed by atoms with van der Waals surface area (Å²) in [6.07, 6.45) is -0.354. The molecule has 2 aliphatic rings. The zero-order chi connectivity index (χ0) is 13.6. The quantitative estimate of drug-likeness (QED) is 0.751. The molecule has 2 bridgehead atoms. The van der Waals surface area contributed by atoms with Crippen molar-refractivity contribution < 1.29 is 23.8 Å². The Balaban J connectivity index is 2.19. The fraction of sp³-hybridized carbons (Fsp3) is 0.429. The highest BCUT2D eigenvalue weighted by molar-refractivity contribution is 6.03. The van der Waals surface area contributed by atoms with Gasteiger partial charge in [-0.1, -0.05) is 24.3 Å². The summed E-state index contributed by atoms with van der Waals surface area (Å²) in [5.41, 5.74) is 1.17. The van der Waals surface area contributed by atoms with Gasteiger partial charge in [0.1, 0.15) is 12.0 Å². The van der Waals surface area contributed by atoms with Gasteiger partial charge < -0.3 is 14.2 Å². The van der Waals surface area contributed by atoms with Crippen molar-refractivity contribution in [3.8, 4) is 0 Å². The number of Topliss-reactive ketones (excluding diaryl/α,β-unsaturated/α-hetero) is 1. The second-order valence-electron chi connectivity index (χ2n) is 4.70. The SMILES string of the molecule is COC(=O)[C@H]1C[C@H]2O[C@]1(OC)c1ccccc1C2=O. The summed E-state index contributed by atoms with van der Waals surface area (Å²) in [5.74, 6) is -2.36. The lowest BCUT2D eigenvalue weighted by molar-refractivity contribution is -0.240. The van der Waals surface area contributed by atoms with Gasteiger partial charge in [0.2, 0.25) is 5.79 Å². The number of methoxy groups -OCH3 is 2.